The summed E-state index contributed by atoms with van der Waals surface area (Å²) in [6.45, 7) is 0.497. The van der Waals surface area contributed by atoms with Crippen molar-refractivity contribution in [3.63, 3.8) is 0 Å². The molecule has 0 saturated carbocycles. The highest BCUT2D eigenvalue weighted by Crippen LogP contribution is 2.37. The molecule has 31 heavy (non-hydrogen) atoms. The average molecular weight is 464 g/mol. The van der Waals surface area contributed by atoms with Crippen molar-refractivity contribution >= 4 is 17.2 Å². The molecule has 4 rings (SSSR count). The number of hydrogen-bond acceptors (Lipinski definition) is 5. The molecule has 1 amide bonds. The molecule has 3 aromatic rings. The van der Waals surface area contributed by atoms with Crippen molar-refractivity contribution in [2.75, 3.05) is 0 Å². The lowest BCUT2D eigenvalue weighted by Gasteiger charge is -2.24. The molecule has 7 nitrogen and oxygen atoms in total. The fourth-order valence-corrected chi connectivity index (χ4v) is 4.06. The molecule has 0 unspecified atom stereocenters. The third kappa shape index (κ3) is 4.16. The number of fused-ring (bicyclic) bond motifs is 1. The molecular formula is C17H14F6N6OS. The monoisotopic (exact) mass is 464 g/mol. The van der Waals surface area contributed by atoms with Crippen LogP contribution in [0.15, 0.2) is 18.3 Å². The highest BCUT2D eigenvalue weighted by Gasteiger charge is 2.37. The Morgan fingerprint density at radius 3 is 2.52 bits per heavy atom. The summed E-state index contributed by atoms with van der Waals surface area (Å²) in [6, 6.07) is 1.65. The summed E-state index contributed by atoms with van der Waals surface area (Å²) in [5, 5.41) is 9.31. The number of carbonyl (C=O) groups excluding carboxylic acids is 1. The second-order valence-corrected chi connectivity index (χ2v) is 7.94. The van der Waals surface area contributed by atoms with Gasteiger partial charge in [0.1, 0.15) is 11.4 Å². The van der Waals surface area contributed by atoms with Crippen LogP contribution >= 0.6 is 11.3 Å². The van der Waals surface area contributed by atoms with Crippen molar-refractivity contribution in [1.29, 1.82) is 0 Å². The van der Waals surface area contributed by atoms with Gasteiger partial charge >= 0.3 is 12.4 Å². The molecule has 0 aromatic carbocycles. The number of alkyl halides is 6. The Morgan fingerprint density at radius 1 is 1.16 bits per heavy atom. The van der Waals surface area contributed by atoms with E-state index in [0.717, 1.165) is 10.9 Å². The number of nitrogens with one attached hydrogen (secondary N) is 1. The second-order valence-electron chi connectivity index (χ2n) is 6.91. The summed E-state index contributed by atoms with van der Waals surface area (Å²) < 4.78 is 79.4. The van der Waals surface area contributed by atoms with Gasteiger partial charge in [-0.05, 0) is 18.9 Å². The zero-order valence-corrected chi connectivity index (χ0v) is 16.6. The van der Waals surface area contributed by atoms with Crippen LogP contribution in [0.4, 0.5) is 26.3 Å². The summed E-state index contributed by atoms with van der Waals surface area (Å²) in [4.78, 5) is 16.2. The van der Waals surface area contributed by atoms with E-state index in [0.29, 0.717) is 42.5 Å². The topological polar surface area (TPSA) is 77.6 Å². The summed E-state index contributed by atoms with van der Waals surface area (Å²) >= 11 is 0.458. The number of halogens is 6. The van der Waals surface area contributed by atoms with Gasteiger partial charge in [0.15, 0.2) is 10.7 Å². The SMILES string of the molecule is Cn1nc(C(F)(F)F)cc1C(=O)N[C@@H]1CCCn2nc(-c3cnc(C(F)(F)F)s3)cc21. The molecule has 1 aliphatic heterocycles. The van der Waals surface area contributed by atoms with Gasteiger partial charge in [0.05, 0.1) is 16.6 Å². The number of thiazole rings is 1. The molecule has 0 bridgehead atoms. The van der Waals surface area contributed by atoms with Crippen LogP contribution in [0.2, 0.25) is 0 Å². The van der Waals surface area contributed by atoms with E-state index in [9.17, 15) is 31.1 Å². The Morgan fingerprint density at radius 2 is 1.90 bits per heavy atom. The number of hydrogen-bond donors (Lipinski definition) is 1. The van der Waals surface area contributed by atoms with E-state index < -0.39 is 35.0 Å². The lowest BCUT2D eigenvalue weighted by Crippen LogP contribution is -2.33. The maximum absolute atomic E-state index is 12.8. The van der Waals surface area contributed by atoms with E-state index in [2.05, 4.69) is 20.5 Å². The van der Waals surface area contributed by atoms with Gasteiger partial charge in [0.2, 0.25) is 0 Å². The van der Waals surface area contributed by atoms with E-state index in [1.807, 2.05) is 0 Å². The van der Waals surface area contributed by atoms with E-state index in [1.54, 1.807) is 10.7 Å². The summed E-state index contributed by atoms with van der Waals surface area (Å²) in [5.41, 5.74) is -0.609. The molecule has 166 valence electrons. The van der Waals surface area contributed by atoms with Gasteiger partial charge in [-0.1, -0.05) is 0 Å². The van der Waals surface area contributed by atoms with E-state index in [1.165, 1.54) is 7.05 Å². The molecule has 0 radical (unpaired) electrons. The number of nitrogens with zero attached hydrogens (tertiary/aromatic N) is 5. The number of carbonyl (C=O) groups is 1. The summed E-state index contributed by atoms with van der Waals surface area (Å²) in [7, 11) is 1.23. The van der Waals surface area contributed by atoms with E-state index in [4.69, 9.17) is 0 Å². The predicted molar refractivity (Wildman–Crippen MR) is 96.0 cm³/mol. The smallest absolute Gasteiger partial charge is 0.342 e. The van der Waals surface area contributed by atoms with Crippen LogP contribution in [-0.4, -0.2) is 30.5 Å². The van der Waals surface area contributed by atoms with Crippen molar-refractivity contribution in [1.82, 2.24) is 29.9 Å². The van der Waals surface area contributed by atoms with Gasteiger partial charge < -0.3 is 5.32 Å². The number of rotatable bonds is 3. The van der Waals surface area contributed by atoms with Crippen LogP contribution in [0, 0.1) is 0 Å². The second kappa shape index (κ2) is 7.35. The minimum absolute atomic E-state index is 0.223. The zero-order chi connectivity index (χ0) is 22.6. The first kappa shape index (κ1) is 21.3. The number of aromatic nitrogens is 5. The Kier molecular flexibility index (Phi) is 5.06. The fourth-order valence-electron chi connectivity index (χ4n) is 3.32. The maximum atomic E-state index is 12.8. The first-order chi connectivity index (χ1) is 14.4. The molecule has 1 aliphatic rings. The molecule has 4 heterocycles. The third-order valence-corrected chi connectivity index (χ3v) is 5.80. The van der Waals surface area contributed by atoms with Crippen molar-refractivity contribution in [3.8, 4) is 10.6 Å². The maximum Gasteiger partial charge on any atom is 0.443 e. The minimum atomic E-state index is -4.68. The molecule has 0 spiro atoms. The van der Waals surface area contributed by atoms with Crippen molar-refractivity contribution in [2.45, 2.75) is 37.8 Å². The normalized spacial score (nSPS) is 16.9. The van der Waals surface area contributed by atoms with Crippen LogP contribution in [0.3, 0.4) is 0 Å². The Hall–Kier alpha value is -2.90. The van der Waals surface area contributed by atoms with Crippen LogP contribution in [0.5, 0.6) is 0 Å². The lowest BCUT2D eigenvalue weighted by atomic mass is 10.0. The molecule has 3 aromatic heterocycles. The molecule has 1 N–H and O–H groups in total. The van der Waals surface area contributed by atoms with Gasteiger partial charge in [-0.25, -0.2) is 4.98 Å². The first-order valence-corrected chi connectivity index (χ1v) is 9.78. The quantitative estimate of drug-likeness (QED) is 0.594. The van der Waals surface area contributed by atoms with Gasteiger partial charge in [0, 0.05) is 25.9 Å². The molecule has 14 heteroatoms. The molecular weight excluding hydrogens is 450 g/mol. The van der Waals surface area contributed by atoms with Crippen molar-refractivity contribution in [3.05, 3.63) is 40.4 Å². The van der Waals surface area contributed by atoms with Crippen LogP contribution in [0.1, 0.15) is 45.8 Å². The molecule has 1 atom stereocenters. The van der Waals surface area contributed by atoms with Gasteiger partial charge in [-0.3, -0.25) is 14.2 Å². The van der Waals surface area contributed by atoms with Crippen molar-refractivity contribution in [2.24, 2.45) is 7.05 Å². The predicted octanol–water partition coefficient (Wildman–Crippen LogP) is 4.04. The fraction of sp³-hybridized carbons (Fsp3) is 0.412. The molecule has 0 aliphatic carbocycles. The van der Waals surface area contributed by atoms with E-state index in [-0.39, 0.29) is 16.3 Å². The van der Waals surface area contributed by atoms with Crippen LogP contribution in [-0.2, 0) is 25.9 Å². The zero-order valence-electron chi connectivity index (χ0n) is 15.8. The third-order valence-electron chi connectivity index (χ3n) is 4.74. The number of aryl methyl sites for hydroxylation is 2. The molecule has 0 fully saturated rings. The highest BCUT2D eigenvalue weighted by atomic mass is 32.1. The van der Waals surface area contributed by atoms with Gasteiger partial charge in [-0.2, -0.15) is 36.5 Å². The average Bonchev–Trinajstić information content (AvgIpc) is 3.38. The summed E-state index contributed by atoms with van der Waals surface area (Å²) in [5.74, 6) is -0.746. The van der Waals surface area contributed by atoms with Crippen LogP contribution < -0.4 is 5.32 Å². The lowest BCUT2D eigenvalue weighted by molar-refractivity contribution is -0.141. The van der Waals surface area contributed by atoms with Crippen molar-refractivity contribution < 1.29 is 31.1 Å². The standard InChI is InChI=1S/C17H14F6N6OS/c1-28-11(6-13(27-28)16(18,19)20)14(30)25-8-3-2-4-29-10(8)5-9(26-29)12-7-24-15(31-12)17(21,22)23/h5-8H,2-4H2,1H3,(H,25,30)/t8-/m1/s1. The number of amides is 1. The first-order valence-electron chi connectivity index (χ1n) is 8.96. The van der Waals surface area contributed by atoms with Gasteiger partial charge in [0.25, 0.3) is 5.91 Å². The summed E-state index contributed by atoms with van der Waals surface area (Å²) in [6.07, 6.45) is -7.04. The largest absolute Gasteiger partial charge is 0.443 e. The Balaban J connectivity index is 1.57. The van der Waals surface area contributed by atoms with Gasteiger partial charge in [-0.15, -0.1) is 11.3 Å². The minimum Gasteiger partial charge on any atom is -0.342 e. The van der Waals surface area contributed by atoms with E-state index >= 15 is 0 Å². The Labute approximate surface area is 174 Å². The molecule has 0 saturated heterocycles. The Bertz CT molecular complexity index is 1130. The highest BCUT2D eigenvalue weighted by molar-refractivity contribution is 7.15. The van der Waals surface area contributed by atoms with Crippen LogP contribution in [0.25, 0.3) is 10.6 Å².